The number of hydrogen-bond acceptors (Lipinski definition) is 2. The molecule has 3 rings (SSSR count). The van der Waals surface area contributed by atoms with Crippen LogP contribution in [0.15, 0.2) is 18.2 Å². The average Bonchev–Trinajstić information content (AvgIpc) is 2.61. The van der Waals surface area contributed by atoms with Crippen molar-refractivity contribution >= 4 is 0 Å². The summed E-state index contributed by atoms with van der Waals surface area (Å²) >= 11 is 0. The Morgan fingerprint density at radius 2 is 2.10 bits per heavy atom. The van der Waals surface area contributed by atoms with Gasteiger partial charge in [0.15, 0.2) is 0 Å². The lowest BCUT2D eigenvalue weighted by atomic mass is 9.81. The summed E-state index contributed by atoms with van der Waals surface area (Å²) in [6.07, 6.45) is 6.58. The molecule has 1 aromatic rings. The molecule has 0 bridgehead atoms. The lowest BCUT2D eigenvalue weighted by Crippen LogP contribution is -2.42. The number of halogens is 1. The van der Waals surface area contributed by atoms with Crippen molar-refractivity contribution in [3.05, 3.63) is 29.6 Å². The van der Waals surface area contributed by atoms with E-state index in [1.165, 1.54) is 31.4 Å². The molecule has 3 atom stereocenters. The van der Waals surface area contributed by atoms with E-state index in [-0.39, 0.29) is 17.5 Å². The summed E-state index contributed by atoms with van der Waals surface area (Å²) < 4.78 is 19.8. The molecule has 21 heavy (non-hydrogen) atoms. The third-order valence-corrected chi connectivity index (χ3v) is 5.41. The SMILES string of the molecule is CC(C)C1CCCC2(CC1)C[C@H](N)c1ccc(F)cc1O2. The van der Waals surface area contributed by atoms with Gasteiger partial charge in [0.1, 0.15) is 17.2 Å². The standard InChI is InChI=1S/C18H26FNO/c1-12(2)13-4-3-8-18(9-7-13)11-16(20)15-6-5-14(19)10-17(15)21-18/h5-6,10,12-13,16H,3-4,7-9,11,20H2,1-2H3/t13?,16-,18?/m0/s1. The second-order valence-electron chi connectivity index (χ2n) is 7.21. The molecule has 3 heteroatoms. The molecule has 0 saturated heterocycles. The van der Waals surface area contributed by atoms with Gasteiger partial charge in [-0.2, -0.15) is 0 Å². The van der Waals surface area contributed by atoms with Crippen LogP contribution in [0.2, 0.25) is 0 Å². The van der Waals surface area contributed by atoms with Crippen LogP contribution in [-0.4, -0.2) is 5.60 Å². The first kappa shape index (κ1) is 14.8. The summed E-state index contributed by atoms with van der Waals surface area (Å²) in [5.74, 6) is 1.92. The van der Waals surface area contributed by atoms with Gasteiger partial charge in [-0.1, -0.05) is 26.3 Å². The van der Waals surface area contributed by atoms with Crippen molar-refractivity contribution in [3.8, 4) is 5.75 Å². The highest BCUT2D eigenvalue weighted by Gasteiger charge is 2.41. The Kier molecular flexibility index (Phi) is 3.96. The van der Waals surface area contributed by atoms with Gasteiger partial charge in [-0.15, -0.1) is 0 Å². The minimum Gasteiger partial charge on any atom is -0.487 e. The first-order valence-corrected chi connectivity index (χ1v) is 8.23. The molecule has 1 aromatic carbocycles. The molecule has 1 fully saturated rings. The van der Waals surface area contributed by atoms with Gasteiger partial charge in [0.25, 0.3) is 0 Å². The lowest BCUT2D eigenvalue weighted by Gasteiger charge is -2.41. The van der Waals surface area contributed by atoms with Gasteiger partial charge >= 0.3 is 0 Å². The number of nitrogens with two attached hydrogens (primary N) is 1. The van der Waals surface area contributed by atoms with Crippen molar-refractivity contribution < 1.29 is 9.13 Å². The molecule has 116 valence electrons. The van der Waals surface area contributed by atoms with Crippen molar-refractivity contribution in [2.75, 3.05) is 0 Å². The molecule has 1 aliphatic heterocycles. The zero-order chi connectivity index (χ0) is 15.0. The fourth-order valence-corrected chi connectivity index (χ4v) is 4.07. The Bertz CT molecular complexity index is 516. The highest BCUT2D eigenvalue weighted by Crippen LogP contribution is 2.46. The first-order valence-electron chi connectivity index (χ1n) is 8.23. The summed E-state index contributed by atoms with van der Waals surface area (Å²) in [6.45, 7) is 4.61. The van der Waals surface area contributed by atoms with E-state index < -0.39 is 0 Å². The van der Waals surface area contributed by atoms with Gasteiger partial charge in [0, 0.05) is 24.1 Å². The number of rotatable bonds is 1. The Labute approximate surface area is 126 Å². The maximum absolute atomic E-state index is 13.5. The molecular weight excluding hydrogens is 265 g/mol. The van der Waals surface area contributed by atoms with Crippen LogP contribution >= 0.6 is 0 Å². The van der Waals surface area contributed by atoms with Crippen LogP contribution < -0.4 is 10.5 Å². The third-order valence-electron chi connectivity index (χ3n) is 5.41. The molecule has 0 radical (unpaired) electrons. The molecule has 1 saturated carbocycles. The predicted octanol–water partition coefficient (Wildman–Crippen LogP) is 4.58. The average molecular weight is 291 g/mol. The summed E-state index contributed by atoms with van der Waals surface area (Å²) in [4.78, 5) is 0. The van der Waals surface area contributed by atoms with E-state index in [4.69, 9.17) is 10.5 Å². The molecule has 1 aliphatic carbocycles. The number of hydrogen-bond donors (Lipinski definition) is 1. The maximum Gasteiger partial charge on any atom is 0.127 e. The summed E-state index contributed by atoms with van der Waals surface area (Å²) in [7, 11) is 0. The largest absolute Gasteiger partial charge is 0.487 e. The Balaban J connectivity index is 1.83. The molecule has 0 amide bonds. The van der Waals surface area contributed by atoms with Crippen LogP contribution in [0.5, 0.6) is 5.75 Å². The smallest absolute Gasteiger partial charge is 0.127 e. The van der Waals surface area contributed by atoms with Gasteiger partial charge in [-0.25, -0.2) is 4.39 Å². The van der Waals surface area contributed by atoms with Crippen LogP contribution in [0, 0.1) is 17.7 Å². The van der Waals surface area contributed by atoms with Crippen molar-refractivity contribution in [1.82, 2.24) is 0 Å². The second-order valence-corrected chi connectivity index (χ2v) is 7.21. The van der Waals surface area contributed by atoms with E-state index >= 15 is 0 Å². The van der Waals surface area contributed by atoms with Crippen LogP contribution in [0.1, 0.15) is 64.0 Å². The highest BCUT2D eigenvalue weighted by atomic mass is 19.1. The minimum absolute atomic E-state index is 0.0371. The summed E-state index contributed by atoms with van der Waals surface area (Å²) in [5, 5.41) is 0. The van der Waals surface area contributed by atoms with Crippen LogP contribution in [0.25, 0.3) is 0 Å². The monoisotopic (exact) mass is 291 g/mol. The number of benzene rings is 1. The Morgan fingerprint density at radius 1 is 1.29 bits per heavy atom. The van der Waals surface area contributed by atoms with E-state index in [1.807, 2.05) is 0 Å². The topological polar surface area (TPSA) is 35.2 Å². The van der Waals surface area contributed by atoms with Gasteiger partial charge in [0.05, 0.1) is 0 Å². The third kappa shape index (κ3) is 2.94. The normalized spacial score (nSPS) is 32.6. The van der Waals surface area contributed by atoms with Crippen molar-refractivity contribution in [2.45, 2.75) is 64.0 Å². The minimum atomic E-state index is -0.244. The van der Waals surface area contributed by atoms with E-state index in [0.29, 0.717) is 5.75 Å². The van der Waals surface area contributed by atoms with Gasteiger partial charge in [0.2, 0.25) is 0 Å². The number of ether oxygens (including phenoxy) is 1. The van der Waals surface area contributed by atoms with Gasteiger partial charge in [-0.05, 0) is 43.6 Å². The Morgan fingerprint density at radius 3 is 2.86 bits per heavy atom. The number of fused-ring (bicyclic) bond motifs is 1. The van der Waals surface area contributed by atoms with Crippen LogP contribution in [-0.2, 0) is 0 Å². The molecule has 1 heterocycles. The fourth-order valence-electron chi connectivity index (χ4n) is 4.07. The van der Waals surface area contributed by atoms with Crippen molar-refractivity contribution in [1.29, 1.82) is 0 Å². The van der Waals surface area contributed by atoms with Crippen LogP contribution in [0.4, 0.5) is 4.39 Å². The van der Waals surface area contributed by atoms with Crippen molar-refractivity contribution in [2.24, 2.45) is 17.6 Å². The van der Waals surface area contributed by atoms with E-state index in [9.17, 15) is 4.39 Å². The zero-order valence-corrected chi connectivity index (χ0v) is 13.1. The summed E-state index contributed by atoms with van der Waals surface area (Å²) in [6, 6.07) is 4.71. The molecule has 1 spiro atoms. The van der Waals surface area contributed by atoms with Gasteiger partial charge in [-0.3, -0.25) is 0 Å². The lowest BCUT2D eigenvalue weighted by molar-refractivity contribution is 0.0195. The summed E-state index contributed by atoms with van der Waals surface area (Å²) in [5.41, 5.74) is 7.12. The fraction of sp³-hybridized carbons (Fsp3) is 0.667. The molecule has 2 N–H and O–H groups in total. The van der Waals surface area contributed by atoms with E-state index in [0.717, 1.165) is 36.7 Å². The zero-order valence-electron chi connectivity index (χ0n) is 13.1. The highest BCUT2D eigenvalue weighted by molar-refractivity contribution is 5.39. The van der Waals surface area contributed by atoms with Crippen molar-refractivity contribution in [3.63, 3.8) is 0 Å². The first-order chi connectivity index (χ1) is 9.99. The van der Waals surface area contributed by atoms with E-state index in [1.54, 1.807) is 6.07 Å². The van der Waals surface area contributed by atoms with Crippen LogP contribution in [0.3, 0.4) is 0 Å². The second kappa shape index (κ2) is 5.60. The van der Waals surface area contributed by atoms with Gasteiger partial charge < -0.3 is 10.5 Å². The molecule has 2 unspecified atom stereocenters. The van der Waals surface area contributed by atoms with E-state index in [2.05, 4.69) is 13.8 Å². The quantitative estimate of drug-likeness (QED) is 0.821. The molecular formula is C18H26FNO. The molecule has 2 nitrogen and oxygen atoms in total. The molecule has 2 aliphatic rings. The molecule has 0 aromatic heterocycles. The maximum atomic E-state index is 13.5. The Hall–Kier alpha value is -1.09. The predicted molar refractivity (Wildman–Crippen MR) is 82.7 cm³/mol.